The summed E-state index contributed by atoms with van der Waals surface area (Å²) in [5, 5.41) is 9.99. The molecule has 3 aromatic rings. The predicted octanol–water partition coefficient (Wildman–Crippen LogP) is 4.81. The number of anilines is 2. The average Bonchev–Trinajstić information content (AvgIpc) is 2.74. The van der Waals surface area contributed by atoms with E-state index in [2.05, 4.69) is 4.72 Å². The normalized spacial score (nSPS) is 14.0. The molecule has 34 heavy (non-hydrogen) atoms. The molecule has 0 aromatic heterocycles. The number of fused-ring (bicyclic) bond motifs is 1. The SMILES string of the molecule is CC(C)(C)Oc1ccc(-c2ccc3c(c2)CCN(c2ccc(O)c(NS(C)(=O)=O)c2)C3=O)cc1. The zero-order valence-corrected chi connectivity index (χ0v) is 20.4. The summed E-state index contributed by atoms with van der Waals surface area (Å²) in [6.45, 7) is 6.46. The molecule has 178 valence electrons. The summed E-state index contributed by atoms with van der Waals surface area (Å²) in [5.74, 6) is 0.430. The van der Waals surface area contributed by atoms with Crippen LogP contribution >= 0.6 is 0 Å². The minimum atomic E-state index is -3.57. The molecule has 0 spiro atoms. The number of ether oxygens (including phenoxy) is 1. The van der Waals surface area contributed by atoms with Crippen molar-refractivity contribution >= 4 is 27.3 Å². The van der Waals surface area contributed by atoms with Crippen LogP contribution in [-0.2, 0) is 16.4 Å². The second-order valence-electron chi connectivity index (χ2n) is 9.39. The van der Waals surface area contributed by atoms with Crippen LogP contribution in [0.1, 0.15) is 36.7 Å². The lowest BCUT2D eigenvalue weighted by atomic mass is 9.93. The van der Waals surface area contributed by atoms with Gasteiger partial charge >= 0.3 is 0 Å². The standard InChI is InChI=1S/C26H28N2O5S/c1-26(2,3)33-21-9-5-17(6-10-21)18-7-11-22-19(15-18)13-14-28(25(22)30)20-8-12-24(29)23(16-20)27-34(4,31)32/h5-12,15-16,27,29H,13-14H2,1-4H3. The fraction of sp³-hybridized carbons (Fsp3) is 0.269. The summed E-state index contributed by atoms with van der Waals surface area (Å²) >= 11 is 0. The van der Waals surface area contributed by atoms with Gasteiger partial charge in [0.25, 0.3) is 5.91 Å². The highest BCUT2D eigenvalue weighted by atomic mass is 32.2. The van der Waals surface area contributed by atoms with Gasteiger partial charge in [-0.2, -0.15) is 0 Å². The molecule has 3 aromatic carbocycles. The molecule has 7 nitrogen and oxygen atoms in total. The van der Waals surface area contributed by atoms with Crippen LogP contribution in [-0.4, -0.2) is 37.8 Å². The smallest absolute Gasteiger partial charge is 0.258 e. The van der Waals surface area contributed by atoms with Gasteiger partial charge in [0, 0.05) is 17.8 Å². The number of hydrogen-bond acceptors (Lipinski definition) is 5. The number of amides is 1. The molecule has 2 N–H and O–H groups in total. The molecule has 0 saturated carbocycles. The monoisotopic (exact) mass is 480 g/mol. The Morgan fingerprint density at radius 3 is 2.29 bits per heavy atom. The van der Waals surface area contributed by atoms with Gasteiger partial charge in [-0.25, -0.2) is 8.42 Å². The van der Waals surface area contributed by atoms with E-state index in [4.69, 9.17) is 4.74 Å². The molecule has 0 atom stereocenters. The van der Waals surface area contributed by atoms with Crippen molar-refractivity contribution in [3.63, 3.8) is 0 Å². The molecule has 1 amide bonds. The lowest BCUT2D eigenvalue weighted by Gasteiger charge is -2.29. The molecule has 0 saturated heterocycles. The van der Waals surface area contributed by atoms with Gasteiger partial charge in [-0.1, -0.05) is 24.3 Å². The van der Waals surface area contributed by atoms with Crippen molar-refractivity contribution in [2.75, 3.05) is 22.4 Å². The molecular weight excluding hydrogens is 452 g/mol. The summed E-state index contributed by atoms with van der Waals surface area (Å²) in [6, 6.07) is 18.1. The summed E-state index contributed by atoms with van der Waals surface area (Å²) in [7, 11) is -3.57. The number of sulfonamides is 1. The van der Waals surface area contributed by atoms with Crippen LogP contribution in [0.4, 0.5) is 11.4 Å². The second-order valence-corrected chi connectivity index (χ2v) is 11.1. The Bertz CT molecular complexity index is 1340. The Hall–Kier alpha value is -3.52. The van der Waals surface area contributed by atoms with E-state index in [0.29, 0.717) is 24.2 Å². The van der Waals surface area contributed by atoms with Gasteiger partial charge in [0.1, 0.15) is 17.1 Å². The summed E-state index contributed by atoms with van der Waals surface area (Å²) in [5.41, 5.74) is 3.90. The van der Waals surface area contributed by atoms with Crippen LogP contribution in [0.2, 0.25) is 0 Å². The Morgan fingerprint density at radius 2 is 1.65 bits per heavy atom. The largest absolute Gasteiger partial charge is 0.506 e. The third-order valence-corrected chi connectivity index (χ3v) is 5.98. The van der Waals surface area contributed by atoms with Gasteiger partial charge in [0.05, 0.1) is 11.9 Å². The molecule has 0 radical (unpaired) electrons. The molecular formula is C26H28N2O5S. The first kappa shape index (κ1) is 23.6. The number of phenolic OH excluding ortho intramolecular Hbond substituents is 1. The van der Waals surface area contributed by atoms with Gasteiger partial charge in [0.15, 0.2) is 0 Å². The number of carbonyl (C=O) groups excluding carboxylic acids is 1. The van der Waals surface area contributed by atoms with E-state index in [-0.39, 0.29) is 22.9 Å². The van der Waals surface area contributed by atoms with Gasteiger partial charge in [-0.3, -0.25) is 9.52 Å². The maximum Gasteiger partial charge on any atom is 0.258 e. The van der Waals surface area contributed by atoms with Crippen molar-refractivity contribution in [1.29, 1.82) is 0 Å². The third kappa shape index (κ3) is 5.34. The van der Waals surface area contributed by atoms with Gasteiger partial charge in [-0.05, 0) is 80.3 Å². The van der Waals surface area contributed by atoms with Gasteiger partial charge in [-0.15, -0.1) is 0 Å². The second kappa shape index (κ2) is 8.68. The fourth-order valence-electron chi connectivity index (χ4n) is 3.96. The average molecular weight is 481 g/mol. The first-order valence-electron chi connectivity index (χ1n) is 10.9. The van der Waals surface area contributed by atoms with E-state index in [9.17, 15) is 18.3 Å². The number of aromatic hydroxyl groups is 1. The zero-order chi connectivity index (χ0) is 24.7. The molecule has 1 heterocycles. The molecule has 0 fully saturated rings. The summed E-state index contributed by atoms with van der Waals surface area (Å²) < 4.78 is 31.3. The van der Waals surface area contributed by atoms with Crippen molar-refractivity contribution < 1.29 is 23.1 Å². The van der Waals surface area contributed by atoms with E-state index < -0.39 is 10.0 Å². The maximum absolute atomic E-state index is 13.2. The number of carbonyl (C=O) groups is 1. The first-order chi connectivity index (χ1) is 15.9. The molecule has 1 aliphatic heterocycles. The summed E-state index contributed by atoms with van der Waals surface area (Å²) in [6.07, 6.45) is 1.65. The molecule has 0 aliphatic carbocycles. The van der Waals surface area contributed by atoms with Crippen LogP contribution in [0.25, 0.3) is 11.1 Å². The number of phenols is 1. The van der Waals surface area contributed by atoms with E-state index in [1.165, 1.54) is 12.1 Å². The maximum atomic E-state index is 13.2. The molecule has 0 unspecified atom stereocenters. The fourth-order valence-corrected chi connectivity index (χ4v) is 4.52. The Balaban J connectivity index is 1.57. The van der Waals surface area contributed by atoms with Crippen molar-refractivity contribution in [3.05, 3.63) is 71.8 Å². The minimum absolute atomic E-state index is 0.0350. The molecule has 1 aliphatic rings. The molecule has 8 heteroatoms. The quantitative estimate of drug-likeness (QED) is 0.511. The lowest BCUT2D eigenvalue weighted by molar-refractivity contribution is 0.0980. The topological polar surface area (TPSA) is 95.9 Å². The van der Waals surface area contributed by atoms with Crippen LogP contribution in [0.15, 0.2) is 60.7 Å². The van der Waals surface area contributed by atoms with Gasteiger partial charge < -0.3 is 14.7 Å². The Morgan fingerprint density at radius 1 is 0.971 bits per heavy atom. The van der Waals surface area contributed by atoms with Crippen LogP contribution in [0.5, 0.6) is 11.5 Å². The molecule has 0 bridgehead atoms. The van der Waals surface area contributed by atoms with Gasteiger partial charge in [0.2, 0.25) is 10.0 Å². The number of benzene rings is 3. The molecule has 4 rings (SSSR count). The van der Waals surface area contributed by atoms with E-state index in [1.54, 1.807) is 11.0 Å². The van der Waals surface area contributed by atoms with E-state index >= 15 is 0 Å². The number of nitrogens with zero attached hydrogens (tertiary/aromatic N) is 1. The van der Waals surface area contributed by atoms with Crippen molar-refractivity contribution in [2.45, 2.75) is 32.8 Å². The summed E-state index contributed by atoms with van der Waals surface area (Å²) in [4.78, 5) is 14.8. The predicted molar refractivity (Wildman–Crippen MR) is 134 cm³/mol. The lowest BCUT2D eigenvalue weighted by Crippen LogP contribution is -2.37. The van der Waals surface area contributed by atoms with Crippen LogP contribution in [0, 0.1) is 0 Å². The number of rotatable bonds is 5. The number of hydrogen-bond donors (Lipinski definition) is 2. The highest BCUT2D eigenvalue weighted by Gasteiger charge is 2.26. The van der Waals surface area contributed by atoms with E-state index in [1.807, 2.05) is 63.2 Å². The van der Waals surface area contributed by atoms with Crippen molar-refractivity contribution in [1.82, 2.24) is 0 Å². The zero-order valence-electron chi connectivity index (χ0n) is 19.6. The van der Waals surface area contributed by atoms with Crippen molar-refractivity contribution in [2.24, 2.45) is 0 Å². The number of nitrogens with one attached hydrogen (secondary N) is 1. The highest BCUT2D eigenvalue weighted by Crippen LogP contribution is 2.33. The Kier molecular flexibility index (Phi) is 6.03. The third-order valence-electron chi connectivity index (χ3n) is 5.38. The Labute approximate surface area is 200 Å². The van der Waals surface area contributed by atoms with E-state index in [0.717, 1.165) is 28.7 Å². The van der Waals surface area contributed by atoms with Crippen LogP contribution in [0.3, 0.4) is 0 Å². The van der Waals surface area contributed by atoms with Crippen molar-refractivity contribution in [3.8, 4) is 22.6 Å². The highest BCUT2D eigenvalue weighted by molar-refractivity contribution is 7.92. The first-order valence-corrected chi connectivity index (χ1v) is 12.8. The minimum Gasteiger partial charge on any atom is -0.506 e. The van der Waals surface area contributed by atoms with Crippen LogP contribution < -0.4 is 14.4 Å².